The van der Waals surface area contributed by atoms with Crippen molar-refractivity contribution in [1.82, 2.24) is 18.7 Å². The van der Waals surface area contributed by atoms with E-state index < -0.39 is 0 Å². The molecule has 0 saturated heterocycles. The van der Waals surface area contributed by atoms with E-state index in [4.69, 9.17) is 4.74 Å². The summed E-state index contributed by atoms with van der Waals surface area (Å²) in [5.41, 5.74) is 2.93. The van der Waals surface area contributed by atoms with Crippen molar-refractivity contribution in [3.63, 3.8) is 0 Å². The Bertz CT molecular complexity index is 1230. The minimum Gasteiger partial charge on any atom is -0.380 e. The van der Waals surface area contributed by atoms with Gasteiger partial charge in [0.1, 0.15) is 0 Å². The number of imidazole rings is 1. The highest BCUT2D eigenvalue weighted by Crippen LogP contribution is 2.23. The molecule has 0 unspecified atom stereocenters. The summed E-state index contributed by atoms with van der Waals surface area (Å²) in [6.45, 7) is 8.14. The van der Waals surface area contributed by atoms with E-state index in [0.29, 0.717) is 43.4 Å². The average molecular weight is 410 g/mol. The summed E-state index contributed by atoms with van der Waals surface area (Å²) in [7, 11) is 1.65. The molecule has 0 radical (unpaired) electrons. The van der Waals surface area contributed by atoms with Gasteiger partial charge in [-0.3, -0.25) is 18.5 Å². The van der Waals surface area contributed by atoms with Gasteiger partial charge in [0.25, 0.3) is 5.56 Å². The second-order valence-electron chi connectivity index (χ2n) is 7.54. The second kappa shape index (κ2) is 7.91. The molecule has 0 N–H and O–H groups in total. The molecule has 0 aliphatic carbocycles. The SMILES string of the molecule is CCOCCN1N=C(C)Cn2c1nc1c2c(=O)n(Cc2ccc(C)cc2)c(=O)n1C. The van der Waals surface area contributed by atoms with Crippen molar-refractivity contribution >= 4 is 22.8 Å². The van der Waals surface area contributed by atoms with Gasteiger partial charge in [0.15, 0.2) is 11.2 Å². The van der Waals surface area contributed by atoms with Crippen LogP contribution in [-0.2, 0) is 24.9 Å². The molecule has 30 heavy (non-hydrogen) atoms. The van der Waals surface area contributed by atoms with Crippen LogP contribution in [0.1, 0.15) is 25.0 Å². The van der Waals surface area contributed by atoms with Crippen LogP contribution < -0.4 is 16.3 Å². The zero-order chi connectivity index (χ0) is 21.4. The molecule has 0 spiro atoms. The third-order valence-corrected chi connectivity index (χ3v) is 5.23. The van der Waals surface area contributed by atoms with Crippen molar-refractivity contribution in [3.8, 4) is 0 Å². The topological polar surface area (TPSA) is 86.7 Å². The highest BCUT2D eigenvalue weighted by molar-refractivity contribution is 5.87. The number of aromatic nitrogens is 4. The summed E-state index contributed by atoms with van der Waals surface area (Å²) in [5.74, 6) is 0.551. The number of hydrogen-bond donors (Lipinski definition) is 0. The number of anilines is 1. The van der Waals surface area contributed by atoms with Gasteiger partial charge in [0.2, 0.25) is 5.95 Å². The van der Waals surface area contributed by atoms with Crippen LogP contribution in [0.3, 0.4) is 0 Å². The maximum absolute atomic E-state index is 13.4. The quantitative estimate of drug-likeness (QED) is 0.575. The van der Waals surface area contributed by atoms with Crippen molar-refractivity contribution in [2.75, 3.05) is 24.8 Å². The normalized spacial score (nSPS) is 13.6. The molecule has 2 aromatic heterocycles. The average Bonchev–Trinajstić information content (AvgIpc) is 3.11. The highest BCUT2D eigenvalue weighted by Gasteiger charge is 2.26. The maximum Gasteiger partial charge on any atom is 0.332 e. The van der Waals surface area contributed by atoms with Crippen LogP contribution >= 0.6 is 0 Å². The van der Waals surface area contributed by atoms with Crippen LogP contribution in [0.4, 0.5) is 5.95 Å². The fraction of sp³-hybridized carbons (Fsp3) is 0.429. The molecular weight excluding hydrogens is 384 g/mol. The molecule has 9 nitrogen and oxygen atoms in total. The van der Waals surface area contributed by atoms with Crippen LogP contribution in [0, 0.1) is 6.92 Å². The molecule has 0 saturated carbocycles. The monoisotopic (exact) mass is 410 g/mol. The van der Waals surface area contributed by atoms with Crippen molar-refractivity contribution in [3.05, 3.63) is 56.2 Å². The van der Waals surface area contributed by atoms with Gasteiger partial charge in [-0.1, -0.05) is 29.8 Å². The molecule has 0 bridgehead atoms. The van der Waals surface area contributed by atoms with E-state index in [2.05, 4.69) is 10.1 Å². The van der Waals surface area contributed by atoms with Gasteiger partial charge in [-0.2, -0.15) is 10.1 Å². The minimum atomic E-state index is -0.387. The molecule has 1 aromatic carbocycles. The summed E-state index contributed by atoms with van der Waals surface area (Å²) >= 11 is 0. The molecular formula is C21H26N6O3. The fourth-order valence-electron chi connectivity index (χ4n) is 3.68. The molecule has 0 fully saturated rings. The number of benzene rings is 1. The first-order chi connectivity index (χ1) is 14.4. The van der Waals surface area contributed by atoms with Gasteiger partial charge in [0, 0.05) is 13.7 Å². The third-order valence-electron chi connectivity index (χ3n) is 5.23. The Hall–Kier alpha value is -3.20. The van der Waals surface area contributed by atoms with Crippen molar-refractivity contribution in [2.45, 2.75) is 33.9 Å². The van der Waals surface area contributed by atoms with Gasteiger partial charge in [-0.15, -0.1) is 0 Å². The largest absolute Gasteiger partial charge is 0.380 e. The number of ether oxygens (including phenoxy) is 1. The van der Waals surface area contributed by atoms with Crippen molar-refractivity contribution < 1.29 is 4.74 Å². The Morgan fingerprint density at radius 3 is 2.57 bits per heavy atom. The predicted molar refractivity (Wildman–Crippen MR) is 116 cm³/mol. The molecule has 4 rings (SSSR count). The predicted octanol–water partition coefficient (Wildman–Crippen LogP) is 1.49. The molecule has 9 heteroatoms. The van der Waals surface area contributed by atoms with E-state index in [-0.39, 0.29) is 17.8 Å². The first kappa shape index (κ1) is 20.1. The smallest absolute Gasteiger partial charge is 0.332 e. The van der Waals surface area contributed by atoms with Crippen LogP contribution in [0.2, 0.25) is 0 Å². The lowest BCUT2D eigenvalue weighted by molar-refractivity contribution is 0.153. The lowest BCUT2D eigenvalue weighted by Crippen LogP contribution is -2.40. The van der Waals surface area contributed by atoms with E-state index in [1.807, 2.05) is 49.6 Å². The summed E-state index contributed by atoms with van der Waals surface area (Å²) in [5, 5.41) is 6.30. The second-order valence-corrected chi connectivity index (χ2v) is 7.54. The van der Waals surface area contributed by atoms with Gasteiger partial charge in [-0.25, -0.2) is 9.80 Å². The Labute approximate surface area is 173 Å². The Morgan fingerprint density at radius 1 is 1.13 bits per heavy atom. The number of hydrazone groups is 1. The van der Waals surface area contributed by atoms with Crippen LogP contribution in [0.25, 0.3) is 11.2 Å². The number of rotatable bonds is 6. The van der Waals surface area contributed by atoms with Crippen LogP contribution in [-0.4, -0.2) is 44.2 Å². The highest BCUT2D eigenvalue weighted by atomic mass is 16.5. The van der Waals surface area contributed by atoms with E-state index in [1.54, 1.807) is 12.1 Å². The molecule has 1 aliphatic rings. The zero-order valence-corrected chi connectivity index (χ0v) is 17.8. The Kier molecular flexibility index (Phi) is 5.29. The lowest BCUT2D eigenvalue weighted by atomic mass is 10.1. The van der Waals surface area contributed by atoms with Gasteiger partial charge < -0.3 is 4.74 Å². The standard InChI is InChI=1S/C21H26N6O3/c1-5-30-11-10-27-20-22-18-17(25(20)12-15(3)23-27)19(28)26(21(29)24(18)4)13-16-8-6-14(2)7-9-16/h6-9H,5,10-13H2,1-4H3. The fourth-order valence-corrected chi connectivity index (χ4v) is 3.68. The molecule has 1 aliphatic heterocycles. The van der Waals surface area contributed by atoms with Gasteiger partial charge in [-0.05, 0) is 26.3 Å². The van der Waals surface area contributed by atoms with Crippen LogP contribution in [0.15, 0.2) is 39.0 Å². The molecule has 3 aromatic rings. The molecule has 0 amide bonds. The van der Waals surface area contributed by atoms with Crippen LogP contribution in [0.5, 0.6) is 0 Å². The molecule has 0 atom stereocenters. The third kappa shape index (κ3) is 3.45. The number of hydrogen-bond acceptors (Lipinski definition) is 6. The number of fused-ring (bicyclic) bond motifs is 3. The summed E-state index contributed by atoms with van der Waals surface area (Å²) in [6, 6.07) is 7.81. The lowest BCUT2D eigenvalue weighted by Gasteiger charge is -2.24. The van der Waals surface area contributed by atoms with E-state index in [9.17, 15) is 9.59 Å². The maximum atomic E-state index is 13.4. The number of nitrogens with zero attached hydrogens (tertiary/aromatic N) is 6. The minimum absolute atomic E-state index is 0.212. The van der Waals surface area contributed by atoms with Gasteiger partial charge >= 0.3 is 5.69 Å². The Morgan fingerprint density at radius 2 is 1.87 bits per heavy atom. The first-order valence-electron chi connectivity index (χ1n) is 10.1. The van der Waals surface area contributed by atoms with E-state index >= 15 is 0 Å². The first-order valence-corrected chi connectivity index (χ1v) is 10.1. The number of aryl methyl sites for hydroxylation is 2. The summed E-state index contributed by atoms with van der Waals surface area (Å²) < 4.78 is 10.0. The molecule has 3 heterocycles. The Balaban J connectivity index is 1.84. The van der Waals surface area contributed by atoms with Gasteiger partial charge in [0.05, 0.1) is 32.0 Å². The molecule has 158 valence electrons. The van der Waals surface area contributed by atoms with Crippen molar-refractivity contribution in [1.29, 1.82) is 0 Å². The van der Waals surface area contributed by atoms with E-state index in [1.165, 1.54) is 9.13 Å². The summed E-state index contributed by atoms with van der Waals surface area (Å²) in [4.78, 5) is 30.9. The van der Waals surface area contributed by atoms with Crippen molar-refractivity contribution in [2.24, 2.45) is 12.1 Å². The summed E-state index contributed by atoms with van der Waals surface area (Å²) in [6.07, 6.45) is 0. The zero-order valence-electron chi connectivity index (χ0n) is 17.8. The van der Waals surface area contributed by atoms with E-state index in [0.717, 1.165) is 16.8 Å².